The van der Waals surface area contributed by atoms with Gasteiger partial charge in [0.2, 0.25) is 0 Å². The zero-order chi connectivity index (χ0) is 9.68. The molecule has 1 aromatic rings. The summed E-state index contributed by atoms with van der Waals surface area (Å²) in [5, 5.41) is 0. The molecular formula is C12H17N. The maximum atomic E-state index is 4.33. The highest BCUT2D eigenvalue weighted by atomic mass is 14.7. The van der Waals surface area contributed by atoms with Gasteiger partial charge in [0.25, 0.3) is 0 Å². The number of nitrogens with zero attached hydrogens (tertiary/aromatic N) is 1. The summed E-state index contributed by atoms with van der Waals surface area (Å²) in [5.41, 5.74) is 3.81. The van der Waals surface area contributed by atoms with E-state index < -0.39 is 0 Å². The molecule has 2 rings (SSSR count). The first-order valence-electron chi connectivity index (χ1n) is 4.98. The Bertz CT molecular complexity index is 300. The molecule has 0 bridgehead atoms. The minimum atomic E-state index is 1.15. The summed E-state index contributed by atoms with van der Waals surface area (Å²) in [5.74, 6) is 0. The molecule has 1 heteroatoms. The van der Waals surface area contributed by atoms with Gasteiger partial charge in [-0.3, -0.25) is 4.98 Å². The first kappa shape index (κ1) is 9.97. The van der Waals surface area contributed by atoms with E-state index in [2.05, 4.69) is 30.1 Å². The van der Waals surface area contributed by atoms with Gasteiger partial charge in [0, 0.05) is 6.20 Å². The molecule has 1 heterocycles. The Labute approximate surface area is 80.5 Å². The summed E-state index contributed by atoms with van der Waals surface area (Å²) in [4.78, 5) is 4.33. The highest BCUT2D eigenvalue weighted by Crippen LogP contribution is 2.17. The summed E-state index contributed by atoms with van der Waals surface area (Å²) in [7, 11) is 0. The second kappa shape index (κ2) is 4.80. The lowest BCUT2D eigenvalue weighted by Crippen LogP contribution is -1.97. The highest BCUT2D eigenvalue weighted by Gasteiger charge is 2.03. The molecule has 1 aliphatic carbocycles. The fraction of sp³-hybridized carbons (Fsp3) is 0.417. The van der Waals surface area contributed by atoms with Gasteiger partial charge in [0.1, 0.15) is 0 Å². The maximum absolute atomic E-state index is 4.33. The number of fused-ring (bicyclic) bond motifs is 1. The lowest BCUT2D eigenvalue weighted by Gasteiger charge is -2.08. The molecule has 0 saturated heterocycles. The maximum Gasteiger partial charge on any atom is 0.0658 e. The van der Waals surface area contributed by atoms with Crippen molar-refractivity contribution in [1.82, 2.24) is 4.98 Å². The Morgan fingerprint density at radius 2 is 2.08 bits per heavy atom. The van der Waals surface area contributed by atoms with Crippen molar-refractivity contribution in [3.05, 3.63) is 35.2 Å². The molecule has 1 nitrogen and oxygen atoms in total. The smallest absolute Gasteiger partial charge is 0.0658 e. The van der Waals surface area contributed by atoms with Crippen LogP contribution >= 0.6 is 0 Å². The van der Waals surface area contributed by atoms with Crippen LogP contribution < -0.4 is 0 Å². The zero-order valence-electron chi connectivity index (χ0n) is 8.67. The van der Waals surface area contributed by atoms with Gasteiger partial charge >= 0.3 is 0 Å². The van der Waals surface area contributed by atoms with E-state index in [1.165, 1.54) is 11.1 Å². The van der Waals surface area contributed by atoms with Crippen LogP contribution in [0.4, 0.5) is 0 Å². The largest absolute Gasteiger partial charge is 0.256 e. The summed E-state index contributed by atoms with van der Waals surface area (Å²) < 4.78 is 0. The van der Waals surface area contributed by atoms with Crippen molar-refractivity contribution in [2.24, 2.45) is 0 Å². The van der Waals surface area contributed by atoms with Gasteiger partial charge in [-0.2, -0.15) is 0 Å². The Kier molecular flexibility index (Phi) is 3.69. The van der Waals surface area contributed by atoms with Gasteiger partial charge in [-0.05, 0) is 37.0 Å². The van der Waals surface area contributed by atoms with Gasteiger partial charge in [-0.25, -0.2) is 0 Å². The molecule has 0 unspecified atom stereocenters. The van der Waals surface area contributed by atoms with Crippen LogP contribution in [0.3, 0.4) is 0 Å². The molecule has 0 N–H and O–H groups in total. The molecule has 0 atom stereocenters. The third-order valence-electron chi connectivity index (χ3n) is 1.99. The van der Waals surface area contributed by atoms with E-state index in [-0.39, 0.29) is 0 Å². The molecule has 0 saturated carbocycles. The number of rotatable bonds is 0. The van der Waals surface area contributed by atoms with E-state index in [0.29, 0.717) is 0 Å². The van der Waals surface area contributed by atoms with Crippen molar-refractivity contribution in [2.75, 3.05) is 0 Å². The summed E-state index contributed by atoms with van der Waals surface area (Å²) >= 11 is 0. The average molecular weight is 175 g/mol. The van der Waals surface area contributed by atoms with E-state index in [1.54, 1.807) is 0 Å². The van der Waals surface area contributed by atoms with E-state index in [9.17, 15) is 0 Å². The van der Waals surface area contributed by atoms with Crippen LogP contribution in [-0.2, 0) is 6.42 Å². The Hall–Kier alpha value is -1.11. The molecule has 0 radical (unpaired) electrons. The van der Waals surface area contributed by atoms with E-state index in [1.807, 2.05) is 20.0 Å². The Balaban J connectivity index is 0.000000396. The number of aryl methyl sites for hydroxylation is 2. The minimum absolute atomic E-state index is 1.15. The van der Waals surface area contributed by atoms with Gasteiger partial charge in [-0.15, -0.1) is 0 Å². The third-order valence-corrected chi connectivity index (χ3v) is 1.99. The van der Waals surface area contributed by atoms with Crippen LogP contribution in [0.5, 0.6) is 0 Å². The molecule has 13 heavy (non-hydrogen) atoms. The normalized spacial score (nSPS) is 12.8. The van der Waals surface area contributed by atoms with Gasteiger partial charge in [0.15, 0.2) is 0 Å². The predicted molar refractivity (Wildman–Crippen MR) is 57.7 cm³/mol. The lowest BCUT2D eigenvalue weighted by atomic mass is 10.0. The molecule has 70 valence electrons. The summed E-state index contributed by atoms with van der Waals surface area (Å²) in [6, 6.07) is 2.23. The molecule has 0 aliphatic heterocycles. The van der Waals surface area contributed by atoms with Crippen molar-refractivity contribution in [3.63, 3.8) is 0 Å². The number of hydrogen-bond donors (Lipinski definition) is 0. The Morgan fingerprint density at radius 3 is 2.85 bits per heavy atom. The Morgan fingerprint density at radius 1 is 1.31 bits per heavy atom. The molecule has 0 fully saturated rings. The minimum Gasteiger partial charge on any atom is -0.256 e. The van der Waals surface area contributed by atoms with Crippen molar-refractivity contribution < 1.29 is 0 Å². The summed E-state index contributed by atoms with van der Waals surface area (Å²) in [6.45, 7) is 6.09. The molecule has 0 amide bonds. The van der Waals surface area contributed by atoms with Crippen LogP contribution in [0.15, 0.2) is 18.3 Å². The quantitative estimate of drug-likeness (QED) is 0.589. The third kappa shape index (κ3) is 2.41. The van der Waals surface area contributed by atoms with E-state index >= 15 is 0 Å². The van der Waals surface area contributed by atoms with E-state index in [4.69, 9.17) is 0 Å². The van der Waals surface area contributed by atoms with Gasteiger partial charge in [0.05, 0.1) is 5.69 Å². The first-order valence-corrected chi connectivity index (χ1v) is 4.98. The summed E-state index contributed by atoms with van der Waals surface area (Å²) in [6.07, 6.45) is 8.54. The predicted octanol–water partition coefficient (Wildman–Crippen LogP) is 3.38. The van der Waals surface area contributed by atoms with Crippen molar-refractivity contribution >= 4 is 6.08 Å². The van der Waals surface area contributed by atoms with E-state index in [0.717, 1.165) is 18.5 Å². The van der Waals surface area contributed by atoms with Crippen LogP contribution in [0.25, 0.3) is 6.08 Å². The molecule has 1 aromatic heterocycles. The second-order valence-electron chi connectivity index (χ2n) is 3.00. The number of allylic oxidation sites excluding steroid dienone is 1. The number of aromatic nitrogens is 1. The van der Waals surface area contributed by atoms with Gasteiger partial charge < -0.3 is 0 Å². The highest BCUT2D eigenvalue weighted by molar-refractivity contribution is 5.52. The second-order valence-corrected chi connectivity index (χ2v) is 3.00. The standard InChI is InChI=1S/C10H11N.C2H6/c1-8-6-9-4-2-3-5-10(9)11-7-8;1-2/h3,5-7H,2,4H2,1H3;1-2H3. The SMILES string of the molecule is CC.Cc1cnc2c(c1)CCC=C2. The fourth-order valence-corrected chi connectivity index (χ4v) is 1.42. The molecule has 1 aliphatic rings. The lowest BCUT2D eigenvalue weighted by molar-refractivity contribution is 0.959. The zero-order valence-corrected chi connectivity index (χ0v) is 8.67. The van der Waals surface area contributed by atoms with Crippen molar-refractivity contribution in [2.45, 2.75) is 33.6 Å². The molecular weight excluding hydrogens is 158 g/mol. The van der Waals surface area contributed by atoms with Crippen LogP contribution in [0, 0.1) is 6.92 Å². The number of hydrogen-bond acceptors (Lipinski definition) is 1. The topological polar surface area (TPSA) is 12.9 Å². The number of pyridine rings is 1. The monoisotopic (exact) mass is 175 g/mol. The van der Waals surface area contributed by atoms with Crippen molar-refractivity contribution in [1.29, 1.82) is 0 Å². The molecule has 0 spiro atoms. The first-order chi connectivity index (χ1) is 6.36. The van der Waals surface area contributed by atoms with Gasteiger partial charge in [-0.1, -0.05) is 26.0 Å². The average Bonchev–Trinajstić information content (AvgIpc) is 2.21. The molecule has 0 aromatic carbocycles. The van der Waals surface area contributed by atoms with Crippen molar-refractivity contribution in [3.8, 4) is 0 Å². The van der Waals surface area contributed by atoms with Crippen LogP contribution in [-0.4, -0.2) is 4.98 Å². The fourth-order valence-electron chi connectivity index (χ4n) is 1.42. The van der Waals surface area contributed by atoms with Crippen LogP contribution in [0.2, 0.25) is 0 Å². The van der Waals surface area contributed by atoms with Crippen LogP contribution in [0.1, 0.15) is 37.1 Å².